The molecule has 1 aromatic rings. The lowest BCUT2D eigenvalue weighted by molar-refractivity contribution is -0.0331. The van der Waals surface area contributed by atoms with Crippen molar-refractivity contribution in [1.82, 2.24) is 9.78 Å². The lowest BCUT2D eigenvalue weighted by Gasteiger charge is -2.06. The Hall–Kier alpha value is -0.650. The molecule has 6 heteroatoms. The van der Waals surface area contributed by atoms with Crippen molar-refractivity contribution in [1.29, 1.82) is 0 Å². The highest BCUT2D eigenvalue weighted by Crippen LogP contribution is 2.36. The summed E-state index contributed by atoms with van der Waals surface area (Å²) in [6.07, 6.45) is 2.36. The minimum absolute atomic E-state index is 0.0741. The van der Waals surface area contributed by atoms with Crippen LogP contribution in [0.2, 0.25) is 0 Å². The fourth-order valence-electron chi connectivity index (χ4n) is 0.705. The van der Waals surface area contributed by atoms with Crippen LogP contribution in [0.1, 0.15) is 6.92 Å². The first kappa shape index (κ1) is 9.44. The number of nitrogens with zero attached hydrogens (tertiary/aromatic N) is 2. The third-order valence-corrected chi connectivity index (χ3v) is 1.91. The third-order valence-electron chi connectivity index (χ3n) is 1.14. The van der Waals surface area contributed by atoms with Crippen LogP contribution in [0.25, 0.3) is 0 Å². The summed E-state index contributed by atoms with van der Waals surface area (Å²) in [5, 5.41) is 3.66. The van der Waals surface area contributed by atoms with Gasteiger partial charge >= 0.3 is 5.51 Å². The minimum atomic E-state index is -4.25. The first-order valence-electron chi connectivity index (χ1n) is 3.22. The molecule has 67 valence electrons. The average Bonchev–Trinajstić information content (AvgIpc) is 2.31. The van der Waals surface area contributed by atoms with Crippen molar-refractivity contribution in [2.45, 2.75) is 24.0 Å². The van der Waals surface area contributed by atoms with Gasteiger partial charge in [-0.25, -0.2) is 0 Å². The first-order valence-corrected chi connectivity index (χ1v) is 4.04. The number of halogens is 3. The van der Waals surface area contributed by atoms with E-state index < -0.39 is 5.51 Å². The number of alkyl halides is 3. The Labute approximate surface area is 71.8 Å². The summed E-state index contributed by atoms with van der Waals surface area (Å²) in [7, 11) is 0. The Balaban J connectivity index is 2.75. The van der Waals surface area contributed by atoms with Crippen molar-refractivity contribution in [3.63, 3.8) is 0 Å². The lowest BCUT2D eigenvalue weighted by atomic mass is 10.7. The Morgan fingerprint density at radius 3 is 2.83 bits per heavy atom. The highest BCUT2D eigenvalue weighted by molar-refractivity contribution is 8.00. The standard InChI is InChI=1S/C6H6F3N2S/c1-2-11-5(3-4-10-11)12-6(7,8)9/h3H,2H2,1H3. The van der Waals surface area contributed by atoms with Gasteiger partial charge in [0, 0.05) is 24.4 Å². The van der Waals surface area contributed by atoms with Gasteiger partial charge in [-0.3, -0.25) is 4.68 Å². The smallest absolute Gasteiger partial charge is 0.258 e. The quantitative estimate of drug-likeness (QED) is 0.674. The SMILES string of the molecule is CCn1n[c]cc1SC(F)(F)F. The molecule has 0 atom stereocenters. The molecule has 2 nitrogen and oxygen atoms in total. The van der Waals surface area contributed by atoms with E-state index in [4.69, 9.17) is 0 Å². The second-order valence-corrected chi connectivity index (χ2v) is 3.06. The molecule has 0 aliphatic heterocycles. The van der Waals surface area contributed by atoms with Crippen molar-refractivity contribution >= 4 is 11.8 Å². The summed E-state index contributed by atoms with van der Waals surface area (Å²) in [4.78, 5) is 0. The molecule has 0 aliphatic rings. The monoisotopic (exact) mass is 195 g/mol. The van der Waals surface area contributed by atoms with Crippen LogP contribution in [0.3, 0.4) is 0 Å². The molecule has 1 rings (SSSR count). The minimum Gasteiger partial charge on any atom is -0.258 e. The normalized spacial score (nSPS) is 12.0. The highest BCUT2D eigenvalue weighted by atomic mass is 32.2. The van der Waals surface area contributed by atoms with Crippen molar-refractivity contribution in [2.24, 2.45) is 0 Å². The van der Waals surface area contributed by atoms with E-state index in [0.717, 1.165) is 0 Å². The van der Waals surface area contributed by atoms with Gasteiger partial charge in [0.1, 0.15) is 11.2 Å². The molecule has 0 fully saturated rings. The second kappa shape index (κ2) is 3.38. The molecule has 0 aliphatic carbocycles. The van der Waals surface area contributed by atoms with Crippen LogP contribution in [0.15, 0.2) is 11.1 Å². The molecule has 1 radical (unpaired) electrons. The Bertz CT molecular complexity index is 256. The average molecular weight is 195 g/mol. The maximum absolute atomic E-state index is 11.8. The van der Waals surface area contributed by atoms with Gasteiger partial charge in [-0.1, -0.05) is 0 Å². The van der Waals surface area contributed by atoms with Gasteiger partial charge in [-0.15, -0.1) is 0 Å². The summed E-state index contributed by atoms with van der Waals surface area (Å²) in [6, 6.07) is 1.22. The second-order valence-electron chi connectivity index (χ2n) is 1.98. The fourth-order valence-corrected chi connectivity index (χ4v) is 1.33. The summed E-state index contributed by atoms with van der Waals surface area (Å²) < 4.78 is 36.8. The number of rotatable bonds is 2. The number of aryl methyl sites for hydroxylation is 1. The van der Waals surface area contributed by atoms with Crippen LogP contribution in [-0.4, -0.2) is 15.3 Å². The molecule has 0 spiro atoms. The van der Waals surface area contributed by atoms with Crippen molar-refractivity contribution in [2.75, 3.05) is 0 Å². The van der Waals surface area contributed by atoms with Gasteiger partial charge < -0.3 is 0 Å². The van der Waals surface area contributed by atoms with Crippen LogP contribution in [0.5, 0.6) is 0 Å². The number of hydrogen-bond donors (Lipinski definition) is 0. The lowest BCUT2D eigenvalue weighted by Crippen LogP contribution is -2.04. The van der Waals surface area contributed by atoms with E-state index in [-0.39, 0.29) is 16.8 Å². The maximum Gasteiger partial charge on any atom is 0.447 e. The van der Waals surface area contributed by atoms with Crippen LogP contribution >= 0.6 is 11.8 Å². The molecule has 1 heterocycles. The summed E-state index contributed by atoms with van der Waals surface area (Å²) in [5.41, 5.74) is -4.25. The Kier molecular flexibility index (Phi) is 2.66. The van der Waals surface area contributed by atoms with Crippen LogP contribution in [0, 0.1) is 6.20 Å². The Morgan fingerprint density at radius 2 is 2.33 bits per heavy atom. The number of thioether (sulfide) groups is 1. The largest absolute Gasteiger partial charge is 0.447 e. The molecule has 0 N–H and O–H groups in total. The van der Waals surface area contributed by atoms with E-state index in [1.807, 2.05) is 0 Å². The third kappa shape index (κ3) is 2.44. The predicted molar refractivity (Wildman–Crippen MR) is 38.6 cm³/mol. The van der Waals surface area contributed by atoms with Crippen LogP contribution < -0.4 is 0 Å². The van der Waals surface area contributed by atoms with Crippen molar-refractivity contribution in [3.8, 4) is 0 Å². The molecular weight excluding hydrogens is 189 g/mol. The molecule has 0 aromatic carbocycles. The molecule has 0 saturated heterocycles. The topological polar surface area (TPSA) is 17.8 Å². The molecule has 1 aromatic heterocycles. The fraction of sp³-hybridized carbons (Fsp3) is 0.500. The first-order chi connectivity index (χ1) is 5.53. The van der Waals surface area contributed by atoms with Crippen molar-refractivity contribution < 1.29 is 13.2 Å². The van der Waals surface area contributed by atoms with Gasteiger partial charge in [-0.2, -0.15) is 18.3 Å². The van der Waals surface area contributed by atoms with Gasteiger partial charge in [0.2, 0.25) is 0 Å². The zero-order valence-corrected chi connectivity index (χ0v) is 7.04. The molecule has 0 saturated carbocycles. The van der Waals surface area contributed by atoms with E-state index in [1.54, 1.807) is 6.92 Å². The molecule has 0 bridgehead atoms. The molecule has 0 amide bonds. The van der Waals surface area contributed by atoms with Gasteiger partial charge in [0.25, 0.3) is 0 Å². The summed E-state index contributed by atoms with van der Waals surface area (Å²) in [5.74, 6) is 0. The number of hydrogen-bond acceptors (Lipinski definition) is 2. The van der Waals surface area contributed by atoms with E-state index >= 15 is 0 Å². The highest BCUT2D eigenvalue weighted by Gasteiger charge is 2.30. The van der Waals surface area contributed by atoms with Gasteiger partial charge in [0.05, 0.1) is 0 Å². The Morgan fingerprint density at radius 1 is 1.67 bits per heavy atom. The van der Waals surface area contributed by atoms with Gasteiger partial charge in [-0.05, 0) is 6.92 Å². The zero-order chi connectivity index (χ0) is 9.19. The van der Waals surface area contributed by atoms with Gasteiger partial charge in [0.15, 0.2) is 0 Å². The van der Waals surface area contributed by atoms with Crippen LogP contribution in [0.4, 0.5) is 13.2 Å². The van der Waals surface area contributed by atoms with E-state index in [1.165, 1.54) is 10.7 Å². The van der Waals surface area contributed by atoms with Crippen molar-refractivity contribution in [3.05, 3.63) is 12.3 Å². The predicted octanol–water partition coefficient (Wildman–Crippen LogP) is 2.32. The van der Waals surface area contributed by atoms with E-state index in [2.05, 4.69) is 11.3 Å². The molecular formula is C6H6F3N2S. The van der Waals surface area contributed by atoms with E-state index in [9.17, 15) is 13.2 Å². The maximum atomic E-state index is 11.8. The number of aromatic nitrogens is 2. The molecule has 0 unspecified atom stereocenters. The van der Waals surface area contributed by atoms with E-state index in [0.29, 0.717) is 6.54 Å². The van der Waals surface area contributed by atoms with Crippen LogP contribution in [-0.2, 0) is 6.54 Å². The summed E-state index contributed by atoms with van der Waals surface area (Å²) >= 11 is -0.172. The molecule has 12 heavy (non-hydrogen) atoms. The summed E-state index contributed by atoms with van der Waals surface area (Å²) in [6.45, 7) is 2.14. The zero-order valence-electron chi connectivity index (χ0n) is 6.22.